The molecule has 3 rings (SSSR count). The van der Waals surface area contributed by atoms with Crippen molar-refractivity contribution in [1.82, 2.24) is 15.0 Å². The molecule has 1 saturated heterocycles. The Bertz CT molecular complexity index is 747. The van der Waals surface area contributed by atoms with Crippen LogP contribution >= 0.6 is 0 Å². The van der Waals surface area contributed by atoms with Gasteiger partial charge in [-0.1, -0.05) is 17.3 Å². The number of ether oxygens (including phenoxy) is 1. The molecule has 6 nitrogen and oxygen atoms in total. The third-order valence-electron chi connectivity index (χ3n) is 4.38. The maximum absolute atomic E-state index is 13.7. The van der Waals surface area contributed by atoms with Gasteiger partial charge in [0.25, 0.3) is 0 Å². The van der Waals surface area contributed by atoms with Crippen LogP contribution in [0, 0.1) is 18.7 Å². The van der Waals surface area contributed by atoms with Crippen LogP contribution < -0.4 is 0 Å². The van der Waals surface area contributed by atoms with E-state index in [0.29, 0.717) is 42.5 Å². The van der Waals surface area contributed by atoms with Gasteiger partial charge >= 0.3 is 5.97 Å². The lowest BCUT2D eigenvalue weighted by atomic mass is 9.98. The number of carbonyl (C=O) groups is 1. The molecule has 1 aliphatic heterocycles. The molecule has 1 aromatic heterocycles. The van der Waals surface area contributed by atoms with Crippen LogP contribution in [0.1, 0.15) is 31.2 Å². The van der Waals surface area contributed by atoms with E-state index >= 15 is 0 Å². The van der Waals surface area contributed by atoms with Crippen molar-refractivity contribution >= 4 is 5.97 Å². The van der Waals surface area contributed by atoms with E-state index in [1.165, 1.54) is 6.07 Å². The zero-order valence-corrected chi connectivity index (χ0v) is 14.5. The van der Waals surface area contributed by atoms with E-state index in [4.69, 9.17) is 9.26 Å². The monoisotopic (exact) mass is 347 g/mol. The number of hydrogen-bond acceptors (Lipinski definition) is 6. The van der Waals surface area contributed by atoms with Crippen molar-refractivity contribution in [3.8, 4) is 11.4 Å². The molecule has 0 bridgehead atoms. The van der Waals surface area contributed by atoms with E-state index in [0.717, 1.165) is 19.4 Å². The van der Waals surface area contributed by atoms with Crippen molar-refractivity contribution in [3.05, 3.63) is 35.5 Å². The Morgan fingerprint density at radius 2 is 2.32 bits per heavy atom. The number of likely N-dealkylation sites (tertiary alicyclic amines) is 1. The first kappa shape index (κ1) is 17.5. The second-order valence-electron chi connectivity index (χ2n) is 6.30. The minimum absolute atomic E-state index is 0.109. The average molecular weight is 347 g/mol. The van der Waals surface area contributed by atoms with Gasteiger partial charge in [0, 0.05) is 12.1 Å². The highest BCUT2D eigenvalue weighted by molar-refractivity contribution is 5.72. The quantitative estimate of drug-likeness (QED) is 0.775. The van der Waals surface area contributed by atoms with Crippen molar-refractivity contribution in [3.63, 3.8) is 0 Å². The second kappa shape index (κ2) is 7.74. The molecule has 134 valence electrons. The summed E-state index contributed by atoms with van der Waals surface area (Å²) < 4.78 is 24.1. The summed E-state index contributed by atoms with van der Waals surface area (Å²) in [4.78, 5) is 18.4. The number of piperidine rings is 1. The summed E-state index contributed by atoms with van der Waals surface area (Å²) >= 11 is 0. The molecule has 0 amide bonds. The normalized spacial score (nSPS) is 18.3. The van der Waals surface area contributed by atoms with Gasteiger partial charge < -0.3 is 9.26 Å². The highest BCUT2D eigenvalue weighted by Gasteiger charge is 2.27. The molecular formula is C18H22FN3O3. The SMILES string of the molecule is CCOC(=O)[C@H]1CCCN(Cc2nc(-c3ccc(C)c(F)c3)no2)C1. The van der Waals surface area contributed by atoms with Gasteiger partial charge in [-0.2, -0.15) is 4.98 Å². The maximum atomic E-state index is 13.7. The van der Waals surface area contributed by atoms with Gasteiger partial charge in [-0.15, -0.1) is 0 Å². The third kappa shape index (κ3) is 4.22. The number of benzene rings is 1. The molecule has 0 spiro atoms. The fourth-order valence-electron chi connectivity index (χ4n) is 3.01. The zero-order valence-electron chi connectivity index (χ0n) is 14.5. The molecule has 0 aliphatic carbocycles. The van der Waals surface area contributed by atoms with Crippen LogP contribution in [0.15, 0.2) is 22.7 Å². The first-order valence-corrected chi connectivity index (χ1v) is 8.55. The van der Waals surface area contributed by atoms with Crippen molar-refractivity contribution in [1.29, 1.82) is 0 Å². The molecule has 1 atom stereocenters. The molecule has 0 radical (unpaired) electrons. The Hall–Kier alpha value is -2.28. The number of halogens is 1. The van der Waals surface area contributed by atoms with E-state index in [1.54, 1.807) is 19.1 Å². The summed E-state index contributed by atoms with van der Waals surface area (Å²) in [5, 5.41) is 3.94. The summed E-state index contributed by atoms with van der Waals surface area (Å²) in [5.74, 6) is 0.279. The number of nitrogens with zero attached hydrogens (tertiary/aromatic N) is 3. The van der Waals surface area contributed by atoms with E-state index < -0.39 is 0 Å². The average Bonchev–Trinajstić information content (AvgIpc) is 3.06. The highest BCUT2D eigenvalue weighted by Crippen LogP contribution is 2.22. The molecule has 0 N–H and O–H groups in total. The van der Waals surface area contributed by atoms with Gasteiger partial charge in [-0.25, -0.2) is 4.39 Å². The Labute approximate surface area is 146 Å². The first-order valence-electron chi connectivity index (χ1n) is 8.55. The predicted octanol–water partition coefficient (Wildman–Crippen LogP) is 2.96. The van der Waals surface area contributed by atoms with Gasteiger partial charge in [-0.05, 0) is 44.9 Å². The number of carbonyl (C=O) groups excluding carboxylic acids is 1. The third-order valence-corrected chi connectivity index (χ3v) is 4.38. The maximum Gasteiger partial charge on any atom is 0.310 e. The van der Waals surface area contributed by atoms with E-state index in [9.17, 15) is 9.18 Å². The van der Waals surface area contributed by atoms with Gasteiger partial charge in [0.2, 0.25) is 11.7 Å². The number of hydrogen-bond donors (Lipinski definition) is 0. The van der Waals surface area contributed by atoms with E-state index in [2.05, 4.69) is 15.0 Å². The first-order chi connectivity index (χ1) is 12.1. The van der Waals surface area contributed by atoms with Crippen molar-refractivity contribution < 1.29 is 18.4 Å². The van der Waals surface area contributed by atoms with Gasteiger partial charge in [-0.3, -0.25) is 9.69 Å². The Kier molecular flexibility index (Phi) is 5.43. The molecule has 2 aromatic rings. The highest BCUT2D eigenvalue weighted by atomic mass is 19.1. The van der Waals surface area contributed by atoms with Crippen LogP contribution in [-0.4, -0.2) is 40.7 Å². The minimum atomic E-state index is -0.294. The second-order valence-corrected chi connectivity index (χ2v) is 6.30. The smallest absolute Gasteiger partial charge is 0.310 e. The lowest BCUT2D eigenvalue weighted by molar-refractivity contribution is -0.150. The number of aromatic nitrogens is 2. The Balaban J connectivity index is 1.64. The standard InChI is InChI=1S/C18H22FN3O3/c1-3-24-18(23)14-5-4-8-22(10-14)11-16-20-17(21-25-16)13-7-6-12(2)15(19)9-13/h6-7,9,14H,3-5,8,10-11H2,1-2H3/t14-/m0/s1. The van der Waals surface area contributed by atoms with Crippen LogP contribution in [0.2, 0.25) is 0 Å². The van der Waals surface area contributed by atoms with Crippen molar-refractivity contribution in [2.24, 2.45) is 5.92 Å². The molecular weight excluding hydrogens is 325 g/mol. The molecule has 0 saturated carbocycles. The summed E-state index contributed by atoms with van der Waals surface area (Å²) in [7, 11) is 0. The zero-order chi connectivity index (χ0) is 17.8. The fraction of sp³-hybridized carbons (Fsp3) is 0.500. The molecule has 25 heavy (non-hydrogen) atoms. The molecule has 7 heteroatoms. The van der Waals surface area contributed by atoms with Crippen LogP contribution in [0.25, 0.3) is 11.4 Å². The molecule has 0 unspecified atom stereocenters. The largest absolute Gasteiger partial charge is 0.466 e. The fourth-order valence-corrected chi connectivity index (χ4v) is 3.01. The number of rotatable bonds is 5. The van der Waals surface area contributed by atoms with Crippen LogP contribution in [-0.2, 0) is 16.1 Å². The van der Waals surface area contributed by atoms with Gasteiger partial charge in [0.1, 0.15) is 5.82 Å². The predicted molar refractivity (Wildman–Crippen MR) is 89.1 cm³/mol. The molecule has 1 fully saturated rings. The summed E-state index contributed by atoms with van der Waals surface area (Å²) in [6, 6.07) is 4.86. The van der Waals surface area contributed by atoms with E-state index in [-0.39, 0.29) is 17.7 Å². The molecule has 1 aliphatic rings. The lowest BCUT2D eigenvalue weighted by Crippen LogP contribution is -2.39. The van der Waals surface area contributed by atoms with Gasteiger partial charge in [0.15, 0.2) is 0 Å². The number of esters is 1. The van der Waals surface area contributed by atoms with Crippen LogP contribution in [0.5, 0.6) is 0 Å². The summed E-state index contributed by atoms with van der Waals surface area (Å²) in [5.41, 5.74) is 1.16. The molecule has 1 aromatic carbocycles. The van der Waals surface area contributed by atoms with Crippen molar-refractivity contribution in [2.75, 3.05) is 19.7 Å². The van der Waals surface area contributed by atoms with E-state index in [1.807, 2.05) is 6.92 Å². The van der Waals surface area contributed by atoms with Gasteiger partial charge in [0.05, 0.1) is 19.1 Å². The topological polar surface area (TPSA) is 68.5 Å². The van der Waals surface area contributed by atoms with Crippen LogP contribution in [0.4, 0.5) is 4.39 Å². The summed E-state index contributed by atoms with van der Waals surface area (Å²) in [6.45, 7) is 5.87. The molecule has 2 heterocycles. The van der Waals surface area contributed by atoms with Crippen LogP contribution in [0.3, 0.4) is 0 Å². The Morgan fingerprint density at radius 3 is 3.08 bits per heavy atom. The Morgan fingerprint density at radius 1 is 1.48 bits per heavy atom. The number of aryl methyl sites for hydroxylation is 1. The lowest BCUT2D eigenvalue weighted by Gasteiger charge is -2.30. The summed E-state index contributed by atoms with van der Waals surface area (Å²) in [6.07, 6.45) is 1.76. The van der Waals surface area contributed by atoms with Crippen molar-refractivity contribution in [2.45, 2.75) is 33.2 Å². The minimum Gasteiger partial charge on any atom is -0.466 e.